The Bertz CT molecular complexity index is 451. The van der Waals surface area contributed by atoms with Crippen molar-refractivity contribution in [3.63, 3.8) is 0 Å². The van der Waals surface area contributed by atoms with Gasteiger partial charge in [0.2, 0.25) is 5.91 Å². The fourth-order valence-corrected chi connectivity index (χ4v) is 2.10. The smallest absolute Gasteiger partial charge is 0.237 e. The number of aliphatic hydroxyl groups excluding tert-OH is 1. The minimum absolute atomic E-state index is 0.104. The van der Waals surface area contributed by atoms with E-state index in [-0.39, 0.29) is 18.6 Å². The van der Waals surface area contributed by atoms with E-state index >= 15 is 0 Å². The zero-order valence-electron chi connectivity index (χ0n) is 12.0. The van der Waals surface area contributed by atoms with E-state index in [1.807, 2.05) is 50.2 Å². The van der Waals surface area contributed by atoms with Gasteiger partial charge in [-0.3, -0.25) is 4.79 Å². The Morgan fingerprint density at radius 3 is 2.50 bits per heavy atom. The molecule has 2 atom stereocenters. The molecule has 4 heteroatoms. The molecule has 1 aromatic carbocycles. The molecule has 1 amide bonds. The SMILES string of the molecule is CC(C)CC(CO)NC(=O)C(C#N)Cc1ccccc1. The van der Waals surface area contributed by atoms with Gasteiger partial charge in [0.15, 0.2) is 0 Å². The molecule has 0 spiro atoms. The van der Waals surface area contributed by atoms with E-state index in [9.17, 15) is 9.90 Å². The molecule has 0 fully saturated rings. The van der Waals surface area contributed by atoms with Crippen LogP contribution in [0, 0.1) is 23.2 Å². The van der Waals surface area contributed by atoms with Crippen LogP contribution >= 0.6 is 0 Å². The van der Waals surface area contributed by atoms with Crippen LogP contribution in [0.2, 0.25) is 0 Å². The van der Waals surface area contributed by atoms with Crippen molar-refractivity contribution in [2.24, 2.45) is 11.8 Å². The van der Waals surface area contributed by atoms with Crippen LogP contribution in [0.25, 0.3) is 0 Å². The van der Waals surface area contributed by atoms with Gasteiger partial charge in [-0.2, -0.15) is 5.26 Å². The van der Waals surface area contributed by atoms with Gasteiger partial charge in [0.1, 0.15) is 5.92 Å². The first-order valence-corrected chi connectivity index (χ1v) is 6.91. The highest BCUT2D eigenvalue weighted by Crippen LogP contribution is 2.10. The molecular weight excluding hydrogens is 252 g/mol. The second-order valence-electron chi connectivity index (χ2n) is 5.39. The van der Waals surface area contributed by atoms with Gasteiger partial charge in [-0.1, -0.05) is 44.2 Å². The molecule has 1 rings (SSSR count). The predicted molar refractivity (Wildman–Crippen MR) is 77.7 cm³/mol. The molecule has 0 saturated heterocycles. The lowest BCUT2D eigenvalue weighted by Crippen LogP contribution is -2.42. The lowest BCUT2D eigenvalue weighted by atomic mass is 9.98. The molecule has 0 heterocycles. The summed E-state index contributed by atoms with van der Waals surface area (Å²) in [5, 5.41) is 21.2. The van der Waals surface area contributed by atoms with E-state index < -0.39 is 5.92 Å². The third kappa shape index (κ3) is 5.41. The molecule has 0 aliphatic rings. The fourth-order valence-electron chi connectivity index (χ4n) is 2.10. The molecule has 1 aromatic rings. The van der Waals surface area contributed by atoms with Crippen molar-refractivity contribution in [3.05, 3.63) is 35.9 Å². The van der Waals surface area contributed by atoms with Gasteiger partial charge in [-0.25, -0.2) is 0 Å². The summed E-state index contributed by atoms with van der Waals surface area (Å²) >= 11 is 0. The standard InChI is InChI=1S/C16H22N2O2/c1-12(2)8-15(11-19)18-16(20)14(10-17)9-13-6-4-3-5-7-13/h3-7,12,14-15,19H,8-9,11H2,1-2H3,(H,18,20). The number of amides is 1. The highest BCUT2D eigenvalue weighted by atomic mass is 16.3. The van der Waals surface area contributed by atoms with Crippen molar-refractivity contribution < 1.29 is 9.90 Å². The molecule has 2 unspecified atom stereocenters. The molecule has 20 heavy (non-hydrogen) atoms. The van der Waals surface area contributed by atoms with Crippen molar-refractivity contribution in [3.8, 4) is 6.07 Å². The van der Waals surface area contributed by atoms with Gasteiger partial charge in [0.25, 0.3) is 0 Å². The Morgan fingerprint density at radius 2 is 2.00 bits per heavy atom. The quantitative estimate of drug-likeness (QED) is 0.797. The molecule has 4 nitrogen and oxygen atoms in total. The second-order valence-corrected chi connectivity index (χ2v) is 5.39. The number of hydrogen-bond donors (Lipinski definition) is 2. The molecule has 0 saturated carbocycles. The number of nitrogens with one attached hydrogen (secondary N) is 1. The second kappa shape index (κ2) is 8.34. The monoisotopic (exact) mass is 274 g/mol. The van der Waals surface area contributed by atoms with Gasteiger partial charge in [-0.05, 0) is 24.3 Å². The number of carbonyl (C=O) groups excluding carboxylic acids is 1. The number of nitriles is 1. The maximum Gasteiger partial charge on any atom is 0.237 e. The Morgan fingerprint density at radius 1 is 1.35 bits per heavy atom. The number of rotatable bonds is 7. The van der Waals surface area contributed by atoms with E-state index in [0.29, 0.717) is 18.8 Å². The molecule has 2 N–H and O–H groups in total. The number of hydrogen-bond acceptors (Lipinski definition) is 3. The van der Waals surface area contributed by atoms with Crippen LogP contribution in [0.5, 0.6) is 0 Å². The predicted octanol–water partition coefficient (Wildman–Crippen LogP) is 1.89. The van der Waals surface area contributed by atoms with Crippen LogP contribution in [0.3, 0.4) is 0 Å². The van der Waals surface area contributed by atoms with E-state index in [2.05, 4.69) is 5.32 Å². The number of aliphatic hydroxyl groups is 1. The number of nitrogens with zero attached hydrogens (tertiary/aromatic N) is 1. The van der Waals surface area contributed by atoms with E-state index in [1.165, 1.54) is 0 Å². The van der Waals surface area contributed by atoms with Gasteiger partial charge in [0.05, 0.1) is 18.7 Å². The first kappa shape index (κ1) is 16.2. The Labute approximate surface area is 120 Å². The maximum absolute atomic E-state index is 12.1. The van der Waals surface area contributed by atoms with E-state index in [4.69, 9.17) is 5.26 Å². The van der Waals surface area contributed by atoms with Gasteiger partial charge in [-0.15, -0.1) is 0 Å². The summed E-state index contributed by atoms with van der Waals surface area (Å²) in [5.74, 6) is -0.656. The average Bonchev–Trinajstić information content (AvgIpc) is 2.44. The molecular formula is C16H22N2O2. The van der Waals surface area contributed by atoms with Crippen LogP contribution in [0.15, 0.2) is 30.3 Å². The van der Waals surface area contributed by atoms with E-state index in [0.717, 1.165) is 5.56 Å². The molecule has 0 bridgehead atoms. The molecule has 0 aliphatic carbocycles. The number of benzene rings is 1. The van der Waals surface area contributed by atoms with Crippen molar-refractivity contribution in [2.45, 2.75) is 32.7 Å². The van der Waals surface area contributed by atoms with Gasteiger partial charge in [0, 0.05) is 0 Å². The summed E-state index contributed by atoms with van der Waals surface area (Å²) in [6, 6.07) is 11.2. The van der Waals surface area contributed by atoms with E-state index in [1.54, 1.807) is 0 Å². The zero-order chi connectivity index (χ0) is 15.0. The van der Waals surface area contributed by atoms with Crippen LogP contribution < -0.4 is 5.32 Å². The van der Waals surface area contributed by atoms with Crippen LogP contribution in [-0.4, -0.2) is 23.7 Å². The van der Waals surface area contributed by atoms with Crippen LogP contribution in [0.1, 0.15) is 25.8 Å². The average molecular weight is 274 g/mol. The Hall–Kier alpha value is -1.86. The van der Waals surface area contributed by atoms with Crippen LogP contribution in [-0.2, 0) is 11.2 Å². The summed E-state index contributed by atoms with van der Waals surface area (Å²) in [6.45, 7) is 3.95. The topological polar surface area (TPSA) is 73.1 Å². The summed E-state index contributed by atoms with van der Waals surface area (Å²) in [7, 11) is 0. The Balaban J connectivity index is 2.61. The molecule has 0 aliphatic heterocycles. The highest BCUT2D eigenvalue weighted by molar-refractivity contribution is 5.81. The van der Waals surface area contributed by atoms with Crippen LogP contribution in [0.4, 0.5) is 0 Å². The minimum Gasteiger partial charge on any atom is -0.394 e. The minimum atomic E-state index is -0.724. The molecule has 108 valence electrons. The van der Waals surface area contributed by atoms with Crippen molar-refractivity contribution >= 4 is 5.91 Å². The molecule has 0 aromatic heterocycles. The van der Waals surface area contributed by atoms with Crippen molar-refractivity contribution in [2.75, 3.05) is 6.61 Å². The number of carbonyl (C=O) groups is 1. The summed E-state index contributed by atoms with van der Waals surface area (Å²) in [6.07, 6.45) is 1.09. The largest absolute Gasteiger partial charge is 0.394 e. The zero-order valence-corrected chi connectivity index (χ0v) is 12.0. The lowest BCUT2D eigenvalue weighted by molar-refractivity contribution is -0.124. The first-order chi connectivity index (χ1) is 9.56. The third-order valence-electron chi connectivity index (χ3n) is 3.08. The maximum atomic E-state index is 12.1. The van der Waals surface area contributed by atoms with Gasteiger partial charge >= 0.3 is 0 Å². The van der Waals surface area contributed by atoms with Crippen molar-refractivity contribution in [1.82, 2.24) is 5.32 Å². The fraction of sp³-hybridized carbons (Fsp3) is 0.500. The third-order valence-corrected chi connectivity index (χ3v) is 3.08. The summed E-state index contributed by atoms with van der Waals surface area (Å²) in [4.78, 5) is 12.1. The van der Waals surface area contributed by atoms with Crippen molar-refractivity contribution in [1.29, 1.82) is 5.26 Å². The first-order valence-electron chi connectivity index (χ1n) is 6.91. The normalized spacial score (nSPS) is 13.6. The lowest BCUT2D eigenvalue weighted by Gasteiger charge is -2.20. The Kier molecular flexibility index (Phi) is 6.75. The summed E-state index contributed by atoms with van der Waals surface area (Å²) in [5.41, 5.74) is 0.957. The van der Waals surface area contributed by atoms with Gasteiger partial charge < -0.3 is 10.4 Å². The summed E-state index contributed by atoms with van der Waals surface area (Å²) < 4.78 is 0. The highest BCUT2D eigenvalue weighted by Gasteiger charge is 2.21. The molecule has 0 radical (unpaired) electrons.